The minimum atomic E-state index is -4.89. The van der Waals surface area contributed by atoms with E-state index >= 15 is 0 Å². The number of hydrogen-bond donors (Lipinski definition) is 1. The van der Waals surface area contributed by atoms with E-state index in [2.05, 4.69) is 0 Å². The van der Waals surface area contributed by atoms with E-state index in [0.717, 1.165) is 12.1 Å². The molecule has 0 fully saturated rings. The van der Waals surface area contributed by atoms with E-state index in [1.807, 2.05) is 0 Å². The number of halogens is 3. The largest absolute Gasteiger partial charge is 0.417 e. The summed E-state index contributed by atoms with van der Waals surface area (Å²) in [7, 11) is -4.46. The van der Waals surface area contributed by atoms with Crippen LogP contribution in [0.15, 0.2) is 23.1 Å². The molecule has 0 aromatic heterocycles. The van der Waals surface area contributed by atoms with Gasteiger partial charge in [0.25, 0.3) is 10.0 Å². The van der Waals surface area contributed by atoms with Gasteiger partial charge in [0.1, 0.15) is 0 Å². The van der Waals surface area contributed by atoms with Crippen molar-refractivity contribution in [3.8, 4) is 6.07 Å². The van der Waals surface area contributed by atoms with E-state index in [1.165, 1.54) is 6.07 Å². The highest BCUT2D eigenvalue weighted by Crippen LogP contribution is 2.33. The minimum Gasteiger partial charge on any atom is -0.382 e. The Labute approximate surface area is 137 Å². The van der Waals surface area contributed by atoms with E-state index in [9.17, 15) is 26.4 Å². The van der Waals surface area contributed by atoms with Crippen molar-refractivity contribution >= 4 is 15.9 Å². The zero-order valence-corrected chi connectivity index (χ0v) is 13.5. The summed E-state index contributed by atoms with van der Waals surface area (Å²) in [4.78, 5) is 10.8. The fraction of sp³-hybridized carbons (Fsp3) is 0.429. The number of amides is 1. The number of sulfonamides is 1. The van der Waals surface area contributed by atoms with Crippen molar-refractivity contribution < 1.29 is 31.1 Å². The molecule has 1 amide bonds. The number of nitrogens with one attached hydrogen (secondary N) is 1. The molecule has 0 aliphatic rings. The maximum Gasteiger partial charge on any atom is 0.417 e. The third kappa shape index (κ3) is 5.50. The molecule has 1 aromatic carbocycles. The van der Waals surface area contributed by atoms with Crippen molar-refractivity contribution in [1.29, 1.82) is 5.26 Å². The van der Waals surface area contributed by atoms with Gasteiger partial charge in [-0.05, 0) is 31.5 Å². The van der Waals surface area contributed by atoms with Gasteiger partial charge < -0.3 is 4.74 Å². The molecule has 1 rings (SSSR count). The molecule has 0 saturated carbocycles. The second-order valence-electron chi connectivity index (χ2n) is 4.65. The van der Waals surface area contributed by atoms with Gasteiger partial charge in [0.15, 0.2) is 0 Å². The summed E-state index contributed by atoms with van der Waals surface area (Å²) in [5, 5.41) is 8.68. The molecule has 0 radical (unpaired) electrons. The average Bonchev–Trinajstić information content (AvgIpc) is 2.49. The number of nitrogens with zero attached hydrogens (tertiary/aromatic N) is 1. The first-order chi connectivity index (χ1) is 11.1. The highest BCUT2D eigenvalue weighted by molar-refractivity contribution is 7.90. The number of nitriles is 1. The van der Waals surface area contributed by atoms with Crippen LogP contribution in [0, 0.1) is 11.3 Å². The van der Waals surface area contributed by atoms with E-state index in [-0.39, 0.29) is 19.4 Å². The van der Waals surface area contributed by atoms with Crippen LogP contribution in [-0.4, -0.2) is 27.5 Å². The van der Waals surface area contributed by atoms with Gasteiger partial charge in [-0.3, -0.25) is 4.79 Å². The summed E-state index contributed by atoms with van der Waals surface area (Å²) in [6.07, 6.45) is -4.77. The molecule has 0 bridgehead atoms. The van der Waals surface area contributed by atoms with Crippen LogP contribution in [0.2, 0.25) is 0 Å². The highest BCUT2D eigenvalue weighted by Gasteiger charge is 2.35. The van der Waals surface area contributed by atoms with Gasteiger partial charge in [-0.15, -0.1) is 0 Å². The molecule has 1 aromatic rings. The van der Waals surface area contributed by atoms with E-state index in [1.54, 1.807) is 11.6 Å². The second-order valence-corrected chi connectivity index (χ2v) is 6.33. The first-order valence-corrected chi connectivity index (χ1v) is 8.35. The Morgan fingerprint density at radius 3 is 2.58 bits per heavy atom. The van der Waals surface area contributed by atoms with Crippen LogP contribution in [0.25, 0.3) is 0 Å². The summed E-state index contributed by atoms with van der Waals surface area (Å²) in [6.45, 7) is 2.47. The SMILES string of the molecule is CCOCCCC(=O)NS(=O)(=O)c1ccc(C#N)c(C(F)(F)F)c1. The van der Waals surface area contributed by atoms with Crippen LogP contribution in [0.4, 0.5) is 13.2 Å². The number of rotatable bonds is 7. The molecular weight excluding hydrogens is 349 g/mol. The highest BCUT2D eigenvalue weighted by atomic mass is 32.2. The number of ether oxygens (including phenoxy) is 1. The Balaban J connectivity index is 2.95. The van der Waals surface area contributed by atoms with E-state index < -0.39 is 38.1 Å². The summed E-state index contributed by atoms with van der Waals surface area (Å²) in [5.41, 5.74) is -2.08. The average molecular weight is 364 g/mol. The van der Waals surface area contributed by atoms with Gasteiger partial charge in [-0.2, -0.15) is 18.4 Å². The van der Waals surface area contributed by atoms with Gasteiger partial charge in [0.2, 0.25) is 5.91 Å². The van der Waals surface area contributed by atoms with Crippen LogP contribution in [0.1, 0.15) is 30.9 Å². The summed E-state index contributed by atoms with van der Waals surface area (Å²) in [5.74, 6) is -0.854. The maximum atomic E-state index is 12.9. The van der Waals surface area contributed by atoms with Crippen molar-refractivity contribution in [3.05, 3.63) is 29.3 Å². The zero-order chi connectivity index (χ0) is 18.4. The predicted molar refractivity (Wildman–Crippen MR) is 77.2 cm³/mol. The monoisotopic (exact) mass is 364 g/mol. The summed E-state index contributed by atoms with van der Waals surface area (Å²) in [6, 6.07) is 3.26. The molecule has 1 N–H and O–H groups in total. The molecule has 0 spiro atoms. The molecule has 0 atom stereocenters. The third-order valence-electron chi connectivity index (χ3n) is 2.87. The van der Waals surface area contributed by atoms with Crippen LogP contribution >= 0.6 is 0 Å². The Bertz CT molecular complexity index is 739. The number of benzene rings is 1. The number of alkyl halides is 3. The smallest absolute Gasteiger partial charge is 0.382 e. The molecule has 6 nitrogen and oxygen atoms in total. The predicted octanol–water partition coefficient (Wildman–Crippen LogP) is 2.20. The molecule has 0 heterocycles. The Morgan fingerprint density at radius 1 is 1.38 bits per heavy atom. The van der Waals surface area contributed by atoms with Crippen LogP contribution in [-0.2, 0) is 25.7 Å². The van der Waals surface area contributed by atoms with Crippen molar-refractivity contribution in [3.63, 3.8) is 0 Å². The fourth-order valence-electron chi connectivity index (χ4n) is 1.76. The number of carbonyl (C=O) groups is 1. The number of carbonyl (C=O) groups excluding carboxylic acids is 1. The maximum absolute atomic E-state index is 12.9. The van der Waals surface area contributed by atoms with Crippen molar-refractivity contribution in [2.45, 2.75) is 30.8 Å². The number of hydrogen-bond acceptors (Lipinski definition) is 5. The molecule has 24 heavy (non-hydrogen) atoms. The Morgan fingerprint density at radius 2 is 2.04 bits per heavy atom. The standard InChI is InChI=1S/C14H15F3N2O4S/c1-2-23-7-3-4-13(20)19-24(21,22)11-6-5-10(9-18)12(8-11)14(15,16)17/h5-6,8H,2-4,7H2,1H3,(H,19,20). The van der Waals surface area contributed by atoms with Gasteiger partial charge in [0, 0.05) is 19.6 Å². The molecule has 0 aliphatic heterocycles. The third-order valence-corrected chi connectivity index (χ3v) is 4.24. The lowest BCUT2D eigenvalue weighted by Gasteiger charge is -2.12. The lowest BCUT2D eigenvalue weighted by atomic mass is 10.1. The van der Waals surface area contributed by atoms with Crippen molar-refractivity contribution in [2.24, 2.45) is 0 Å². The van der Waals surface area contributed by atoms with Crippen molar-refractivity contribution in [2.75, 3.05) is 13.2 Å². The van der Waals surface area contributed by atoms with Crippen LogP contribution < -0.4 is 4.72 Å². The van der Waals surface area contributed by atoms with Gasteiger partial charge in [-0.1, -0.05) is 0 Å². The molecule has 0 saturated heterocycles. The van der Waals surface area contributed by atoms with E-state index in [4.69, 9.17) is 10.00 Å². The lowest BCUT2D eigenvalue weighted by molar-refractivity contribution is -0.137. The first kappa shape index (κ1) is 19.9. The van der Waals surface area contributed by atoms with E-state index in [0.29, 0.717) is 12.7 Å². The normalized spacial score (nSPS) is 11.8. The molecule has 132 valence electrons. The van der Waals surface area contributed by atoms with Gasteiger partial charge in [-0.25, -0.2) is 13.1 Å². The van der Waals surface area contributed by atoms with Crippen LogP contribution in [0.3, 0.4) is 0 Å². The first-order valence-electron chi connectivity index (χ1n) is 6.86. The summed E-state index contributed by atoms with van der Waals surface area (Å²) < 4.78 is 69.3. The molecular formula is C14H15F3N2O4S. The molecule has 0 aliphatic carbocycles. The topological polar surface area (TPSA) is 96.3 Å². The quantitative estimate of drug-likeness (QED) is 0.748. The second kappa shape index (κ2) is 8.12. The zero-order valence-electron chi connectivity index (χ0n) is 12.7. The molecule has 0 unspecified atom stereocenters. The van der Waals surface area contributed by atoms with Gasteiger partial charge in [0.05, 0.1) is 22.1 Å². The Hall–Kier alpha value is -2.12. The lowest BCUT2D eigenvalue weighted by Crippen LogP contribution is -2.30. The molecule has 10 heteroatoms. The van der Waals surface area contributed by atoms with Crippen LogP contribution in [0.5, 0.6) is 0 Å². The summed E-state index contributed by atoms with van der Waals surface area (Å²) >= 11 is 0. The van der Waals surface area contributed by atoms with Crippen molar-refractivity contribution in [1.82, 2.24) is 4.72 Å². The van der Waals surface area contributed by atoms with Gasteiger partial charge >= 0.3 is 6.18 Å². The minimum absolute atomic E-state index is 0.151. The Kier molecular flexibility index (Phi) is 6.74. The fourth-order valence-corrected chi connectivity index (χ4v) is 2.80.